The van der Waals surface area contributed by atoms with E-state index >= 15 is 0 Å². The number of carbonyl (C=O) groups excluding carboxylic acids is 1. The molecule has 1 unspecified atom stereocenters. The van der Waals surface area contributed by atoms with Crippen LogP contribution in [0.2, 0.25) is 0 Å². The first-order valence-corrected chi connectivity index (χ1v) is 7.02. The Morgan fingerprint density at radius 2 is 2.05 bits per heavy atom. The van der Waals surface area contributed by atoms with Crippen molar-refractivity contribution in [2.24, 2.45) is 0 Å². The maximum absolute atomic E-state index is 12.3. The molecular weight excluding hydrogens is 266 g/mol. The number of aryl methyl sites for hydroxylation is 1. The summed E-state index contributed by atoms with van der Waals surface area (Å²) >= 11 is 0. The fraction of sp³-hybridized carbons (Fsp3) is 0.312. The Morgan fingerprint density at radius 3 is 2.76 bits per heavy atom. The summed E-state index contributed by atoms with van der Waals surface area (Å²) in [6.45, 7) is 3.12. The van der Waals surface area contributed by atoms with E-state index in [2.05, 4.69) is 9.97 Å². The molecule has 0 bridgehead atoms. The minimum atomic E-state index is -0.0818. The van der Waals surface area contributed by atoms with Crippen LogP contribution < -0.4 is 4.74 Å². The molecule has 2 heterocycles. The van der Waals surface area contributed by atoms with Crippen LogP contribution in [0.1, 0.15) is 22.6 Å². The number of carbonyl (C=O) groups is 1. The van der Waals surface area contributed by atoms with Crippen molar-refractivity contribution >= 4 is 5.91 Å². The number of rotatable bonds is 3. The third kappa shape index (κ3) is 3.18. The number of benzene rings is 1. The van der Waals surface area contributed by atoms with Crippen LogP contribution in [0.25, 0.3) is 0 Å². The molecule has 5 heteroatoms. The Kier molecular flexibility index (Phi) is 3.81. The highest BCUT2D eigenvalue weighted by Gasteiger charge is 2.28. The highest BCUT2D eigenvalue weighted by atomic mass is 16.5. The molecule has 2 aromatic rings. The van der Waals surface area contributed by atoms with Gasteiger partial charge in [0.15, 0.2) is 0 Å². The molecule has 5 nitrogen and oxygen atoms in total. The normalized spacial score (nSPS) is 17.8. The average Bonchev–Trinajstić information content (AvgIpc) is 2.97. The highest BCUT2D eigenvalue weighted by molar-refractivity contribution is 5.92. The zero-order valence-corrected chi connectivity index (χ0v) is 11.9. The predicted molar refractivity (Wildman–Crippen MR) is 78.1 cm³/mol. The summed E-state index contributed by atoms with van der Waals surface area (Å²) in [4.78, 5) is 22.3. The first-order valence-electron chi connectivity index (χ1n) is 7.02. The zero-order chi connectivity index (χ0) is 14.7. The predicted octanol–water partition coefficient (Wildman–Crippen LogP) is 2.08. The van der Waals surface area contributed by atoms with Crippen molar-refractivity contribution in [2.75, 3.05) is 13.1 Å². The van der Waals surface area contributed by atoms with Gasteiger partial charge in [-0.05, 0) is 19.1 Å². The van der Waals surface area contributed by atoms with E-state index in [0.29, 0.717) is 18.8 Å². The molecule has 0 N–H and O–H groups in total. The molecule has 21 heavy (non-hydrogen) atoms. The van der Waals surface area contributed by atoms with Crippen LogP contribution >= 0.6 is 0 Å². The number of likely N-dealkylation sites (tertiary alicyclic amines) is 1. The maximum Gasteiger partial charge on any atom is 0.274 e. The average molecular weight is 283 g/mol. The van der Waals surface area contributed by atoms with E-state index < -0.39 is 0 Å². The molecule has 0 saturated carbocycles. The molecule has 1 aromatic heterocycles. The first-order chi connectivity index (χ1) is 10.2. The first kappa shape index (κ1) is 13.5. The van der Waals surface area contributed by atoms with Crippen LogP contribution in [0.15, 0.2) is 42.7 Å². The van der Waals surface area contributed by atoms with Crippen LogP contribution in [0.5, 0.6) is 5.75 Å². The summed E-state index contributed by atoms with van der Waals surface area (Å²) in [6, 6.07) is 9.68. The van der Waals surface area contributed by atoms with Gasteiger partial charge in [-0.25, -0.2) is 4.98 Å². The van der Waals surface area contributed by atoms with E-state index in [1.165, 1.54) is 6.20 Å². The Bertz CT molecular complexity index is 613. The lowest BCUT2D eigenvalue weighted by Gasteiger charge is -2.16. The van der Waals surface area contributed by atoms with Gasteiger partial charge in [0, 0.05) is 19.2 Å². The number of para-hydroxylation sites is 1. The second kappa shape index (κ2) is 5.91. The van der Waals surface area contributed by atoms with E-state index in [4.69, 9.17) is 4.74 Å². The van der Waals surface area contributed by atoms with Gasteiger partial charge < -0.3 is 9.64 Å². The number of nitrogens with zero attached hydrogens (tertiary/aromatic N) is 3. The van der Waals surface area contributed by atoms with Crippen molar-refractivity contribution in [3.63, 3.8) is 0 Å². The molecule has 0 aliphatic carbocycles. The van der Waals surface area contributed by atoms with Crippen molar-refractivity contribution in [1.82, 2.24) is 14.9 Å². The van der Waals surface area contributed by atoms with Crippen LogP contribution in [-0.4, -0.2) is 40.0 Å². The number of hydrogen-bond acceptors (Lipinski definition) is 4. The van der Waals surface area contributed by atoms with Gasteiger partial charge in [0.2, 0.25) is 0 Å². The Hall–Kier alpha value is -2.43. The minimum Gasteiger partial charge on any atom is -0.489 e. The molecule has 1 amide bonds. The molecule has 1 aromatic carbocycles. The standard InChI is InChI=1S/C16H17N3O2/c1-12-9-18-15(10-17-12)16(20)19-8-7-14(11-19)21-13-5-3-2-4-6-13/h2-6,9-10,14H,7-8,11H2,1H3. The summed E-state index contributed by atoms with van der Waals surface area (Å²) < 4.78 is 5.88. The van der Waals surface area contributed by atoms with E-state index in [-0.39, 0.29) is 12.0 Å². The SMILES string of the molecule is Cc1cnc(C(=O)N2CCC(Oc3ccccc3)C2)cn1. The smallest absolute Gasteiger partial charge is 0.274 e. The molecule has 1 atom stereocenters. The summed E-state index contributed by atoms with van der Waals surface area (Å²) in [6.07, 6.45) is 4.01. The van der Waals surface area contributed by atoms with Crippen LogP contribution in [0.3, 0.4) is 0 Å². The number of hydrogen-bond donors (Lipinski definition) is 0. The van der Waals surface area contributed by atoms with Gasteiger partial charge in [0.1, 0.15) is 17.5 Å². The Morgan fingerprint density at radius 1 is 1.24 bits per heavy atom. The lowest BCUT2D eigenvalue weighted by Crippen LogP contribution is -2.31. The quantitative estimate of drug-likeness (QED) is 0.865. The van der Waals surface area contributed by atoms with Gasteiger partial charge >= 0.3 is 0 Å². The van der Waals surface area contributed by atoms with Gasteiger partial charge in [-0.2, -0.15) is 0 Å². The largest absolute Gasteiger partial charge is 0.489 e. The van der Waals surface area contributed by atoms with E-state index in [1.807, 2.05) is 37.3 Å². The second-order valence-electron chi connectivity index (χ2n) is 5.14. The lowest BCUT2D eigenvalue weighted by molar-refractivity contribution is 0.0766. The Balaban J connectivity index is 1.61. The van der Waals surface area contributed by atoms with Crippen LogP contribution in [0.4, 0.5) is 0 Å². The van der Waals surface area contributed by atoms with E-state index in [0.717, 1.165) is 17.9 Å². The number of amides is 1. The molecular formula is C16H17N3O2. The summed E-state index contributed by atoms with van der Waals surface area (Å²) in [7, 11) is 0. The number of ether oxygens (including phenoxy) is 1. The molecule has 1 fully saturated rings. The van der Waals surface area contributed by atoms with Crippen molar-refractivity contribution in [2.45, 2.75) is 19.4 Å². The topological polar surface area (TPSA) is 55.3 Å². The van der Waals surface area contributed by atoms with Crippen molar-refractivity contribution < 1.29 is 9.53 Å². The second-order valence-corrected chi connectivity index (χ2v) is 5.14. The summed E-state index contributed by atoms with van der Waals surface area (Å²) in [5.41, 5.74) is 1.19. The van der Waals surface area contributed by atoms with Crippen molar-refractivity contribution in [3.8, 4) is 5.75 Å². The maximum atomic E-state index is 12.3. The van der Waals surface area contributed by atoms with Crippen molar-refractivity contribution in [3.05, 3.63) is 54.1 Å². The molecule has 3 rings (SSSR count). The fourth-order valence-electron chi connectivity index (χ4n) is 2.37. The van der Waals surface area contributed by atoms with Crippen molar-refractivity contribution in [1.29, 1.82) is 0 Å². The fourth-order valence-corrected chi connectivity index (χ4v) is 2.37. The molecule has 1 aliphatic heterocycles. The molecule has 1 aliphatic rings. The van der Waals surface area contributed by atoms with E-state index in [9.17, 15) is 4.79 Å². The van der Waals surface area contributed by atoms with Crippen LogP contribution in [-0.2, 0) is 0 Å². The third-order valence-electron chi connectivity index (χ3n) is 3.48. The van der Waals surface area contributed by atoms with Gasteiger partial charge in [-0.15, -0.1) is 0 Å². The molecule has 0 radical (unpaired) electrons. The molecule has 1 saturated heterocycles. The van der Waals surface area contributed by atoms with Gasteiger partial charge in [-0.1, -0.05) is 18.2 Å². The summed E-state index contributed by atoms with van der Waals surface area (Å²) in [5, 5.41) is 0. The molecule has 108 valence electrons. The van der Waals surface area contributed by atoms with Gasteiger partial charge in [-0.3, -0.25) is 9.78 Å². The molecule has 0 spiro atoms. The van der Waals surface area contributed by atoms with Crippen LogP contribution in [0, 0.1) is 6.92 Å². The highest BCUT2D eigenvalue weighted by Crippen LogP contribution is 2.19. The Labute approximate surface area is 123 Å². The van der Waals surface area contributed by atoms with Gasteiger partial charge in [0.05, 0.1) is 18.4 Å². The zero-order valence-electron chi connectivity index (χ0n) is 11.9. The number of aromatic nitrogens is 2. The van der Waals surface area contributed by atoms with Gasteiger partial charge in [0.25, 0.3) is 5.91 Å². The third-order valence-corrected chi connectivity index (χ3v) is 3.48. The minimum absolute atomic E-state index is 0.0368. The lowest BCUT2D eigenvalue weighted by atomic mass is 10.3. The summed E-state index contributed by atoms with van der Waals surface area (Å²) in [5.74, 6) is 0.758. The van der Waals surface area contributed by atoms with E-state index in [1.54, 1.807) is 11.1 Å². The monoisotopic (exact) mass is 283 g/mol.